The van der Waals surface area contributed by atoms with Gasteiger partial charge in [0.15, 0.2) is 0 Å². The molecule has 8 nitrogen and oxygen atoms in total. The average molecular weight is 452 g/mol. The number of hydrogen-bond acceptors (Lipinski definition) is 6. The van der Waals surface area contributed by atoms with Crippen molar-refractivity contribution in [1.29, 1.82) is 0 Å². The SMILES string of the molecule is O=C(C[C@@H]1COC[C@H]2CN(CC3CCOCC3)C[C@@H]12)N1CCCO1.O=C(O)C(F)(F)F. The molecule has 31 heavy (non-hydrogen) atoms. The summed E-state index contributed by atoms with van der Waals surface area (Å²) < 4.78 is 43.1. The monoisotopic (exact) mass is 452 g/mol. The molecule has 3 atom stereocenters. The molecule has 178 valence electrons. The molecule has 1 N–H and O–H groups in total. The highest BCUT2D eigenvalue weighted by atomic mass is 19.4. The van der Waals surface area contributed by atoms with E-state index >= 15 is 0 Å². The van der Waals surface area contributed by atoms with Gasteiger partial charge in [0.05, 0.1) is 26.4 Å². The number of likely N-dealkylation sites (tertiary alicyclic amines) is 1. The van der Waals surface area contributed by atoms with Gasteiger partial charge in [0.25, 0.3) is 0 Å². The molecule has 4 aliphatic heterocycles. The third-order valence-electron chi connectivity index (χ3n) is 6.40. The number of fused-ring (bicyclic) bond motifs is 1. The zero-order valence-corrected chi connectivity index (χ0v) is 17.5. The lowest BCUT2D eigenvalue weighted by atomic mass is 9.81. The summed E-state index contributed by atoms with van der Waals surface area (Å²) in [5, 5.41) is 8.69. The first-order valence-corrected chi connectivity index (χ1v) is 10.8. The summed E-state index contributed by atoms with van der Waals surface area (Å²) in [6.45, 7) is 8.30. The summed E-state index contributed by atoms with van der Waals surface area (Å²) in [6, 6.07) is 0. The number of rotatable bonds is 4. The highest BCUT2D eigenvalue weighted by Gasteiger charge is 2.42. The zero-order chi connectivity index (χ0) is 22.4. The van der Waals surface area contributed by atoms with Crippen molar-refractivity contribution in [3.05, 3.63) is 0 Å². The largest absolute Gasteiger partial charge is 0.490 e. The Hall–Kier alpha value is -1.43. The number of nitrogens with zero attached hydrogens (tertiary/aromatic N) is 2. The molecule has 4 fully saturated rings. The third kappa shape index (κ3) is 7.03. The fourth-order valence-electron chi connectivity index (χ4n) is 4.82. The summed E-state index contributed by atoms with van der Waals surface area (Å²) in [4.78, 5) is 29.3. The molecule has 0 aromatic carbocycles. The van der Waals surface area contributed by atoms with Gasteiger partial charge in [-0.3, -0.25) is 9.63 Å². The van der Waals surface area contributed by atoms with Crippen molar-refractivity contribution in [1.82, 2.24) is 9.96 Å². The van der Waals surface area contributed by atoms with Gasteiger partial charge in [0, 0.05) is 39.3 Å². The quantitative estimate of drug-likeness (QED) is 0.696. The van der Waals surface area contributed by atoms with Gasteiger partial charge in [-0.1, -0.05) is 0 Å². The minimum Gasteiger partial charge on any atom is -0.475 e. The van der Waals surface area contributed by atoms with Gasteiger partial charge in [-0.15, -0.1) is 0 Å². The van der Waals surface area contributed by atoms with Crippen LogP contribution in [0.4, 0.5) is 13.2 Å². The minimum absolute atomic E-state index is 0.143. The lowest BCUT2D eigenvalue weighted by Gasteiger charge is -2.33. The zero-order valence-electron chi connectivity index (χ0n) is 17.5. The van der Waals surface area contributed by atoms with Gasteiger partial charge in [-0.25, -0.2) is 9.86 Å². The Labute approximate surface area is 179 Å². The van der Waals surface area contributed by atoms with Crippen LogP contribution in [0.2, 0.25) is 0 Å². The highest BCUT2D eigenvalue weighted by molar-refractivity contribution is 5.75. The van der Waals surface area contributed by atoms with Crippen LogP contribution in [0.25, 0.3) is 0 Å². The van der Waals surface area contributed by atoms with E-state index in [9.17, 15) is 18.0 Å². The lowest BCUT2D eigenvalue weighted by molar-refractivity contribution is -0.192. The molecule has 0 bridgehead atoms. The Kier molecular flexibility index (Phi) is 8.54. The highest BCUT2D eigenvalue weighted by Crippen LogP contribution is 2.37. The van der Waals surface area contributed by atoms with E-state index in [1.165, 1.54) is 19.4 Å². The van der Waals surface area contributed by atoms with Crippen molar-refractivity contribution in [2.75, 3.05) is 59.2 Å². The molecule has 0 spiro atoms. The van der Waals surface area contributed by atoms with E-state index in [1.807, 2.05) is 0 Å². The molecule has 0 unspecified atom stereocenters. The van der Waals surface area contributed by atoms with Crippen LogP contribution in [0, 0.1) is 23.7 Å². The molecule has 0 aromatic rings. The molecule has 11 heteroatoms. The molecule has 4 rings (SSSR count). The summed E-state index contributed by atoms with van der Waals surface area (Å²) in [5.74, 6) is -0.295. The molecular formula is C20H31F3N2O6. The normalized spacial score (nSPS) is 29.9. The van der Waals surface area contributed by atoms with Gasteiger partial charge < -0.3 is 19.5 Å². The fraction of sp³-hybridized carbons (Fsp3) is 0.900. The number of alkyl halides is 3. The van der Waals surface area contributed by atoms with E-state index in [1.54, 1.807) is 5.06 Å². The molecule has 0 radical (unpaired) electrons. The number of ether oxygens (including phenoxy) is 2. The molecule has 0 aliphatic carbocycles. The standard InChI is InChI=1S/C18H30N2O4.C2HF3O2/c21-18(20-4-1-5-24-20)8-15-12-23-13-16-10-19(11-17(15)16)9-14-2-6-22-7-3-14;3-2(4,5)1(6)7/h14-17H,1-13H2;(H,6,7)/t15-,16-,17+;/m1./s1. The number of carbonyl (C=O) groups is 2. The number of amides is 1. The summed E-state index contributed by atoms with van der Waals surface area (Å²) in [7, 11) is 0. The Morgan fingerprint density at radius 2 is 1.74 bits per heavy atom. The van der Waals surface area contributed by atoms with Crippen molar-refractivity contribution in [3.63, 3.8) is 0 Å². The van der Waals surface area contributed by atoms with Crippen LogP contribution >= 0.6 is 0 Å². The van der Waals surface area contributed by atoms with Crippen molar-refractivity contribution in [2.45, 2.75) is 31.9 Å². The van der Waals surface area contributed by atoms with Crippen molar-refractivity contribution >= 4 is 11.9 Å². The molecule has 4 aliphatic rings. The van der Waals surface area contributed by atoms with Gasteiger partial charge >= 0.3 is 12.1 Å². The molecular weight excluding hydrogens is 421 g/mol. The maximum absolute atomic E-state index is 12.4. The Bertz CT molecular complexity index is 608. The van der Waals surface area contributed by atoms with Crippen molar-refractivity contribution in [2.24, 2.45) is 23.7 Å². The third-order valence-corrected chi connectivity index (χ3v) is 6.40. The number of hydrogen-bond donors (Lipinski definition) is 1. The number of carboxylic acid groups (broad SMARTS) is 1. The number of carboxylic acids is 1. The van der Waals surface area contributed by atoms with Crippen LogP contribution in [0.5, 0.6) is 0 Å². The van der Waals surface area contributed by atoms with Crippen LogP contribution in [0.15, 0.2) is 0 Å². The van der Waals surface area contributed by atoms with Gasteiger partial charge in [-0.2, -0.15) is 13.2 Å². The Morgan fingerprint density at radius 3 is 2.35 bits per heavy atom. The Balaban J connectivity index is 0.000000339. The number of hydroxylamine groups is 2. The van der Waals surface area contributed by atoms with Gasteiger partial charge in [-0.05, 0) is 42.9 Å². The van der Waals surface area contributed by atoms with E-state index in [0.29, 0.717) is 30.8 Å². The smallest absolute Gasteiger partial charge is 0.475 e. The average Bonchev–Trinajstić information content (AvgIpc) is 3.39. The van der Waals surface area contributed by atoms with Gasteiger partial charge in [0.2, 0.25) is 5.91 Å². The minimum atomic E-state index is -5.08. The summed E-state index contributed by atoms with van der Waals surface area (Å²) in [5.41, 5.74) is 0. The number of aliphatic carboxylic acids is 1. The summed E-state index contributed by atoms with van der Waals surface area (Å²) in [6.07, 6.45) is -1.17. The van der Waals surface area contributed by atoms with Crippen LogP contribution in [-0.4, -0.2) is 92.3 Å². The second-order valence-electron chi connectivity index (χ2n) is 8.69. The van der Waals surface area contributed by atoms with E-state index < -0.39 is 12.1 Å². The number of carbonyl (C=O) groups excluding carboxylic acids is 1. The molecule has 0 saturated carbocycles. The number of halogens is 3. The van der Waals surface area contributed by atoms with Crippen molar-refractivity contribution in [3.8, 4) is 0 Å². The van der Waals surface area contributed by atoms with E-state index in [-0.39, 0.29) is 5.91 Å². The predicted molar refractivity (Wildman–Crippen MR) is 102 cm³/mol. The molecule has 4 saturated heterocycles. The molecule has 1 amide bonds. The summed E-state index contributed by atoms with van der Waals surface area (Å²) >= 11 is 0. The van der Waals surface area contributed by atoms with Crippen LogP contribution in [0.1, 0.15) is 25.7 Å². The van der Waals surface area contributed by atoms with Crippen LogP contribution in [0.3, 0.4) is 0 Å². The maximum atomic E-state index is 12.4. The van der Waals surface area contributed by atoms with Gasteiger partial charge in [0.1, 0.15) is 0 Å². The van der Waals surface area contributed by atoms with E-state index in [2.05, 4.69) is 4.90 Å². The fourth-order valence-corrected chi connectivity index (χ4v) is 4.82. The second kappa shape index (κ2) is 10.9. The van der Waals surface area contributed by atoms with E-state index in [0.717, 1.165) is 58.4 Å². The van der Waals surface area contributed by atoms with E-state index in [4.69, 9.17) is 24.2 Å². The second-order valence-corrected chi connectivity index (χ2v) is 8.69. The van der Waals surface area contributed by atoms with Crippen LogP contribution in [-0.2, 0) is 23.9 Å². The van der Waals surface area contributed by atoms with Crippen LogP contribution < -0.4 is 0 Å². The first kappa shape index (κ1) is 24.2. The molecule has 4 heterocycles. The maximum Gasteiger partial charge on any atom is 0.490 e. The Morgan fingerprint density at radius 1 is 1.03 bits per heavy atom. The predicted octanol–water partition coefficient (Wildman–Crippen LogP) is 1.79. The molecule has 0 aromatic heterocycles. The first-order valence-electron chi connectivity index (χ1n) is 10.8. The first-order chi connectivity index (χ1) is 14.7. The van der Waals surface area contributed by atoms with Crippen molar-refractivity contribution < 1.29 is 42.2 Å². The lowest BCUT2D eigenvalue weighted by Crippen LogP contribution is -2.38. The topological polar surface area (TPSA) is 88.5 Å².